The summed E-state index contributed by atoms with van der Waals surface area (Å²) < 4.78 is 0. The van der Waals surface area contributed by atoms with Crippen molar-refractivity contribution in [2.75, 3.05) is 19.6 Å². The molecular weight excluding hydrogens is 134 g/mol. The summed E-state index contributed by atoms with van der Waals surface area (Å²) in [5.41, 5.74) is 0.539. The van der Waals surface area contributed by atoms with Crippen molar-refractivity contribution in [2.24, 2.45) is 5.41 Å². The lowest BCUT2D eigenvalue weighted by Crippen LogP contribution is -2.24. The lowest BCUT2D eigenvalue weighted by Gasteiger charge is -2.21. The number of likely N-dealkylation sites (tertiary alicyclic amines) is 1. The summed E-state index contributed by atoms with van der Waals surface area (Å²) in [4.78, 5) is 2.36. The zero-order valence-electron chi connectivity index (χ0n) is 7.56. The third kappa shape index (κ3) is 1.97. The lowest BCUT2D eigenvalue weighted by atomic mass is 9.87. The molecule has 11 heavy (non-hydrogen) atoms. The van der Waals surface area contributed by atoms with E-state index in [0.717, 1.165) is 6.54 Å². The van der Waals surface area contributed by atoms with Crippen molar-refractivity contribution in [2.45, 2.75) is 26.7 Å². The molecule has 1 saturated heterocycles. The first-order valence-corrected chi connectivity index (χ1v) is 4.36. The number of terminal acetylenes is 1. The van der Waals surface area contributed by atoms with E-state index in [2.05, 4.69) is 24.7 Å². The summed E-state index contributed by atoms with van der Waals surface area (Å²) in [6.45, 7) is 7.82. The van der Waals surface area contributed by atoms with Gasteiger partial charge in [-0.3, -0.25) is 4.90 Å². The van der Waals surface area contributed by atoms with Gasteiger partial charge in [0, 0.05) is 6.54 Å². The molecule has 1 heteroatoms. The van der Waals surface area contributed by atoms with Crippen LogP contribution in [0, 0.1) is 17.8 Å². The summed E-state index contributed by atoms with van der Waals surface area (Å²) in [5.74, 6) is 2.70. The van der Waals surface area contributed by atoms with Crippen LogP contribution in [-0.4, -0.2) is 24.5 Å². The molecule has 0 aromatic carbocycles. The van der Waals surface area contributed by atoms with E-state index >= 15 is 0 Å². The van der Waals surface area contributed by atoms with Crippen LogP contribution in [0.4, 0.5) is 0 Å². The summed E-state index contributed by atoms with van der Waals surface area (Å²) in [6.07, 6.45) is 7.83. The van der Waals surface area contributed by atoms with Crippen molar-refractivity contribution < 1.29 is 0 Å². The van der Waals surface area contributed by atoms with Gasteiger partial charge < -0.3 is 0 Å². The van der Waals surface area contributed by atoms with Crippen LogP contribution in [0.15, 0.2) is 0 Å². The van der Waals surface area contributed by atoms with Gasteiger partial charge in [0.25, 0.3) is 0 Å². The lowest BCUT2D eigenvalue weighted by molar-refractivity contribution is 0.288. The molecule has 0 amide bonds. The minimum Gasteiger partial charge on any atom is -0.292 e. The van der Waals surface area contributed by atoms with Crippen molar-refractivity contribution in [1.82, 2.24) is 4.90 Å². The summed E-state index contributed by atoms with van der Waals surface area (Å²) >= 11 is 0. The van der Waals surface area contributed by atoms with Gasteiger partial charge in [-0.25, -0.2) is 0 Å². The minimum absolute atomic E-state index is 0.539. The Kier molecular flexibility index (Phi) is 2.57. The molecule has 1 aliphatic rings. The fraction of sp³-hybridized carbons (Fsp3) is 0.800. The van der Waals surface area contributed by atoms with Crippen LogP contribution in [0.1, 0.15) is 26.7 Å². The fourth-order valence-corrected chi connectivity index (χ4v) is 1.68. The van der Waals surface area contributed by atoms with Gasteiger partial charge in [-0.05, 0) is 24.8 Å². The Morgan fingerprint density at radius 3 is 2.82 bits per heavy atom. The number of hydrogen-bond donors (Lipinski definition) is 0. The van der Waals surface area contributed by atoms with Gasteiger partial charge in [-0.15, -0.1) is 6.42 Å². The first-order chi connectivity index (χ1) is 5.20. The Bertz CT molecular complexity index is 168. The molecule has 0 N–H and O–H groups in total. The van der Waals surface area contributed by atoms with E-state index in [4.69, 9.17) is 6.42 Å². The Morgan fingerprint density at radius 2 is 2.36 bits per heavy atom. The van der Waals surface area contributed by atoms with E-state index < -0.39 is 0 Å². The molecule has 0 spiro atoms. The molecule has 0 bridgehead atoms. The van der Waals surface area contributed by atoms with E-state index in [0.29, 0.717) is 5.41 Å². The monoisotopic (exact) mass is 151 g/mol. The molecule has 1 unspecified atom stereocenters. The highest BCUT2D eigenvalue weighted by Crippen LogP contribution is 2.32. The van der Waals surface area contributed by atoms with Crippen LogP contribution in [-0.2, 0) is 0 Å². The zero-order valence-corrected chi connectivity index (χ0v) is 7.56. The van der Waals surface area contributed by atoms with Crippen molar-refractivity contribution in [3.63, 3.8) is 0 Å². The van der Waals surface area contributed by atoms with Crippen LogP contribution in [0.2, 0.25) is 0 Å². The van der Waals surface area contributed by atoms with Crippen molar-refractivity contribution >= 4 is 0 Å². The highest BCUT2D eigenvalue weighted by Gasteiger charge is 2.31. The maximum absolute atomic E-state index is 5.25. The fourth-order valence-electron chi connectivity index (χ4n) is 1.68. The van der Waals surface area contributed by atoms with Crippen LogP contribution in [0.25, 0.3) is 0 Å². The van der Waals surface area contributed by atoms with Crippen molar-refractivity contribution in [1.29, 1.82) is 0 Å². The average Bonchev–Trinajstić information content (AvgIpc) is 2.35. The van der Waals surface area contributed by atoms with Gasteiger partial charge >= 0.3 is 0 Å². The second-order valence-electron chi connectivity index (χ2n) is 3.83. The third-order valence-corrected chi connectivity index (χ3v) is 2.81. The van der Waals surface area contributed by atoms with Gasteiger partial charge in [0.2, 0.25) is 0 Å². The number of hydrogen-bond acceptors (Lipinski definition) is 1. The van der Waals surface area contributed by atoms with Crippen LogP contribution >= 0.6 is 0 Å². The standard InChI is InChI=1S/C10H17N/c1-4-7-11-8-6-10(3,5-2)9-11/h1H,5-9H2,2-3H3. The minimum atomic E-state index is 0.539. The second-order valence-corrected chi connectivity index (χ2v) is 3.83. The first kappa shape index (κ1) is 8.62. The first-order valence-electron chi connectivity index (χ1n) is 4.36. The van der Waals surface area contributed by atoms with Crippen molar-refractivity contribution in [3.05, 3.63) is 0 Å². The van der Waals surface area contributed by atoms with Gasteiger partial charge in [0.05, 0.1) is 6.54 Å². The third-order valence-electron chi connectivity index (χ3n) is 2.81. The van der Waals surface area contributed by atoms with Crippen LogP contribution < -0.4 is 0 Å². The van der Waals surface area contributed by atoms with Gasteiger partial charge in [0.1, 0.15) is 0 Å². The second kappa shape index (κ2) is 3.28. The highest BCUT2D eigenvalue weighted by atomic mass is 15.1. The molecule has 0 aromatic heterocycles. The highest BCUT2D eigenvalue weighted by molar-refractivity contribution is 4.93. The molecule has 1 aliphatic heterocycles. The van der Waals surface area contributed by atoms with E-state index in [1.807, 2.05) is 0 Å². The topological polar surface area (TPSA) is 3.24 Å². The number of rotatable bonds is 2. The van der Waals surface area contributed by atoms with Gasteiger partial charge in [-0.2, -0.15) is 0 Å². The predicted molar refractivity (Wildman–Crippen MR) is 48.3 cm³/mol. The van der Waals surface area contributed by atoms with Crippen LogP contribution in [0.3, 0.4) is 0 Å². The predicted octanol–water partition coefficient (Wildman–Crippen LogP) is 1.74. The van der Waals surface area contributed by atoms with E-state index in [-0.39, 0.29) is 0 Å². The van der Waals surface area contributed by atoms with Gasteiger partial charge in [0.15, 0.2) is 0 Å². The largest absolute Gasteiger partial charge is 0.292 e. The summed E-state index contributed by atoms with van der Waals surface area (Å²) in [6, 6.07) is 0. The van der Waals surface area contributed by atoms with E-state index in [9.17, 15) is 0 Å². The Hall–Kier alpha value is -0.480. The summed E-state index contributed by atoms with van der Waals surface area (Å²) in [7, 11) is 0. The van der Waals surface area contributed by atoms with Crippen LogP contribution in [0.5, 0.6) is 0 Å². The molecule has 0 aliphatic carbocycles. The van der Waals surface area contributed by atoms with E-state index in [1.54, 1.807) is 0 Å². The maximum atomic E-state index is 5.25. The molecule has 0 radical (unpaired) electrons. The quantitative estimate of drug-likeness (QED) is 0.543. The SMILES string of the molecule is C#CCN1CCC(C)(CC)C1. The Balaban J connectivity index is 2.41. The molecule has 0 aromatic rings. The Labute approximate surface area is 69.8 Å². The molecule has 1 fully saturated rings. The molecule has 1 heterocycles. The molecule has 1 rings (SSSR count). The maximum Gasteiger partial charge on any atom is 0.0599 e. The van der Waals surface area contributed by atoms with E-state index in [1.165, 1.54) is 25.9 Å². The smallest absolute Gasteiger partial charge is 0.0599 e. The Morgan fingerprint density at radius 1 is 1.64 bits per heavy atom. The summed E-state index contributed by atoms with van der Waals surface area (Å²) in [5, 5.41) is 0. The average molecular weight is 151 g/mol. The molecule has 1 atom stereocenters. The van der Waals surface area contributed by atoms with Crippen molar-refractivity contribution in [3.8, 4) is 12.3 Å². The molecule has 1 nitrogen and oxygen atoms in total. The normalized spacial score (nSPS) is 32.1. The van der Waals surface area contributed by atoms with Gasteiger partial charge in [-0.1, -0.05) is 19.8 Å². The molecule has 0 saturated carbocycles. The molecule has 62 valence electrons. The zero-order chi connectivity index (χ0) is 8.32. The number of nitrogens with zero attached hydrogens (tertiary/aromatic N) is 1. The molecular formula is C10H17N.